The van der Waals surface area contributed by atoms with E-state index in [2.05, 4.69) is 5.32 Å². The van der Waals surface area contributed by atoms with Gasteiger partial charge < -0.3 is 10.2 Å². The van der Waals surface area contributed by atoms with Crippen LogP contribution >= 0.6 is 0 Å². The normalized spacial score (nSPS) is 20.4. The molecule has 0 aliphatic carbocycles. The summed E-state index contributed by atoms with van der Waals surface area (Å²) in [4.78, 5) is 13.5. The predicted molar refractivity (Wildman–Crippen MR) is 64.0 cm³/mol. The fourth-order valence-corrected chi connectivity index (χ4v) is 2.15. The van der Waals surface area contributed by atoms with Crippen LogP contribution in [0.25, 0.3) is 0 Å². The molecule has 4 heteroatoms. The largest absolute Gasteiger partial charge is 0.340 e. The average molecular weight is 236 g/mol. The molecule has 0 aromatic heterocycles. The van der Waals surface area contributed by atoms with Crippen molar-refractivity contribution in [1.29, 1.82) is 0 Å². The molecule has 1 fully saturated rings. The molecule has 3 nitrogen and oxygen atoms in total. The van der Waals surface area contributed by atoms with Crippen LogP contribution in [0.2, 0.25) is 0 Å². The van der Waals surface area contributed by atoms with Gasteiger partial charge in [-0.15, -0.1) is 0 Å². The van der Waals surface area contributed by atoms with Gasteiger partial charge in [0.25, 0.3) is 0 Å². The minimum atomic E-state index is -0.233. The van der Waals surface area contributed by atoms with Crippen LogP contribution < -0.4 is 5.32 Å². The van der Waals surface area contributed by atoms with Crippen LogP contribution in [0.1, 0.15) is 24.9 Å². The third-order valence-corrected chi connectivity index (χ3v) is 3.08. The highest BCUT2D eigenvalue weighted by atomic mass is 19.1. The second kappa shape index (κ2) is 5.27. The van der Waals surface area contributed by atoms with Gasteiger partial charge in [-0.05, 0) is 17.7 Å². The number of hydrogen-bond acceptors (Lipinski definition) is 2. The van der Waals surface area contributed by atoms with Gasteiger partial charge in [0.2, 0.25) is 5.91 Å². The lowest BCUT2D eigenvalue weighted by molar-refractivity contribution is -0.132. The standard InChI is InChI=1S/C13H17FN2O/c1-2-13(17)16-7-6-15-12(9-16)10-4-3-5-11(14)8-10/h3-5,8,12,15H,2,6-7,9H2,1H3. The molecule has 1 amide bonds. The van der Waals surface area contributed by atoms with Crippen LogP contribution in [0.3, 0.4) is 0 Å². The first kappa shape index (κ1) is 12.0. The Hall–Kier alpha value is -1.42. The Bertz CT molecular complexity index is 408. The van der Waals surface area contributed by atoms with Crippen molar-refractivity contribution in [3.05, 3.63) is 35.6 Å². The maximum atomic E-state index is 13.1. The number of carbonyl (C=O) groups excluding carboxylic acids is 1. The molecule has 0 spiro atoms. The van der Waals surface area contributed by atoms with Gasteiger partial charge in [-0.1, -0.05) is 19.1 Å². The van der Waals surface area contributed by atoms with Gasteiger partial charge in [0.1, 0.15) is 5.82 Å². The van der Waals surface area contributed by atoms with Crippen molar-refractivity contribution in [1.82, 2.24) is 10.2 Å². The number of nitrogens with one attached hydrogen (secondary N) is 1. The summed E-state index contributed by atoms with van der Waals surface area (Å²) in [5.41, 5.74) is 0.901. The van der Waals surface area contributed by atoms with Gasteiger partial charge >= 0.3 is 0 Å². The summed E-state index contributed by atoms with van der Waals surface area (Å²) >= 11 is 0. The summed E-state index contributed by atoms with van der Waals surface area (Å²) < 4.78 is 13.1. The molecule has 0 radical (unpaired) electrons. The molecular weight excluding hydrogens is 219 g/mol. The Kier molecular flexibility index (Phi) is 3.74. The number of rotatable bonds is 2. The molecule has 1 atom stereocenters. The van der Waals surface area contributed by atoms with Crippen molar-refractivity contribution in [2.75, 3.05) is 19.6 Å². The number of amides is 1. The molecule has 17 heavy (non-hydrogen) atoms. The maximum Gasteiger partial charge on any atom is 0.222 e. The molecule has 1 saturated heterocycles. The SMILES string of the molecule is CCC(=O)N1CCNC(c2cccc(F)c2)C1. The van der Waals surface area contributed by atoms with Gasteiger partial charge in [0, 0.05) is 26.1 Å². The Morgan fingerprint density at radius 2 is 2.41 bits per heavy atom. The van der Waals surface area contributed by atoms with Crippen LogP contribution in [0.15, 0.2) is 24.3 Å². The van der Waals surface area contributed by atoms with E-state index in [-0.39, 0.29) is 17.8 Å². The highest BCUT2D eigenvalue weighted by Crippen LogP contribution is 2.18. The van der Waals surface area contributed by atoms with E-state index < -0.39 is 0 Å². The first-order valence-corrected chi connectivity index (χ1v) is 5.97. The Labute approximate surface area is 101 Å². The average Bonchev–Trinajstić information content (AvgIpc) is 2.38. The topological polar surface area (TPSA) is 32.3 Å². The molecule has 1 aromatic carbocycles. The molecule has 1 unspecified atom stereocenters. The lowest BCUT2D eigenvalue weighted by Crippen LogP contribution is -2.48. The molecule has 1 N–H and O–H groups in total. The first-order chi connectivity index (χ1) is 8.20. The van der Waals surface area contributed by atoms with Crippen LogP contribution in [-0.4, -0.2) is 30.4 Å². The number of piperazine rings is 1. The van der Waals surface area contributed by atoms with Crippen molar-refractivity contribution in [3.63, 3.8) is 0 Å². The minimum absolute atomic E-state index is 0.0370. The summed E-state index contributed by atoms with van der Waals surface area (Å²) in [5.74, 6) is -0.0730. The molecule has 92 valence electrons. The van der Waals surface area contributed by atoms with Crippen molar-refractivity contribution in [2.45, 2.75) is 19.4 Å². The highest BCUT2D eigenvalue weighted by molar-refractivity contribution is 5.76. The van der Waals surface area contributed by atoms with Crippen LogP contribution in [0.5, 0.6) is 0 Å². The van der Waals surface area contributed by atoms with Gasteiger partial charge in [-0.2, -0.15) is 0 Å². The Morgan fingerprint density at radius 1 is 1.59 bits per heavy atom. The van der Waals surface area contributed by atoms with E-state index in [1.165, 1.54) is 12.1 Å². The van der Waals surface area contributed by atoms with Crippen LogP contribution in [0, 0.1) is 5.82 Å². The second-order valence-electron chi connectivity index (χ2n) is 4.26. The van der Waals surface area contributed by atoms with E-state index in [1.807, 2.05) is 17.9 Å². The number of hydrogen-bond donors (Lipinski definition) is 1. The third-order valence-electron chi connectivity index (χ3n) is 3.08. The quantitative estimate of drug-likeness (QED) is 0.847. The lowest BCUT2D eigenvalue weighted by atomic mass is 10.0. The number of benzene rings is 1. The zero-order chi connectivity index (χ0) is 12.3. The molecule has 1 aromatic rings. The number of halogens is 1. The van der Waals surface area contributed by atoms with E-state index in [0.717, 1.165) is 18.7 Å². The summed E-state index contributed by atoms with van der Waals surface area (Å²) in [6.07, 6.45) is 0.524. The minimum Gasteiger partial charge on any atom is -0.340 e. The molecule has 0 saturated carbocycles. The fourth-order valence-electron chi connectivity index (χ4n) is 2.15. The molecule has 1 aliphatic heterocycles. The fraction of sp³-hybridized carbons (Fsp3) is 0.462. The van der Waals surface area contributed by atoms with E-state index in [0.29, 0.717) is 13.0 Å². The van der Waals surface area contributed by atoms with Gasteiger partial charge in [0.15, 0.2) is 0 Å². The summed E-state index contributed by atoms with van der Waals surface area (Å²) in [5, 5.41) is 3.31. The summed E-state index contributed by atoms with van der Waals surface area (Å²) in [6, 6.07) is 6.59. The maximum absolute atomic E-state index is 13.1. The van der Waals surface area contributed by atoms with Crippen molar-refractivity contribution in [2.24, 2.45) is 0 Å². The van der Waals surface area contributed by atoms with E-state index in [4.69, 9.17) is 0 Å². The predicted octanol–water partition coefficient (Wildman–Crippen LogP) is 1.71. The lowest BCUT2D eigenvalue weighted by Gasteiger charge is -2.34. The van der Waals surface area contributed by atoms with Gasteiger partial charge in [0.05, 0.1) is 6.04 Å². The number of carbonyl (C=O) groups is 1. The van der Waals surface area contributed by atoms with Crippen molar-refractivity contribution in [3.8, 4) is 0 Å². The summed E-state index contributed by atoms with van der Waals surface area (Å²) in [7, 11) is 0. The smallest absolute Gasteiger partial charge is 0.222 e. The molecule has 1 aliphatic rings. The third kappa shape index (κ3) is 2.82. The Balaban J connectivity index is 2.09. The zero-order valence-electron chi connectivity index (χ0n) is 9.95. The monoisotopic (exact) mass is 236 g/mol. The van der Waals surface area contributed by atoms with Crippen molar-refractivity contribution < 1.29 is 9.18 Å². The van der Waals surface area contributed by atoms with Crippen LogP contribution in [0.4, 0.5) is 4.39 Å². The zero-order valence-corrected chi connectivity index (χ0v) is 9.95. The first-order valence-electron chi connectivity index (χ1n) is 5.97. The van der Waals surface area contributed by atoms with Crippen LogP contribution in [-0.2, 0) is 4.79 Å². The molecule has 2 rings (SSSR count). The van der Waals surface area contributed by atoms with Gasteiger partial charge in [-0.25, -0.2) is 4.39 Å². The van der Waals surface area contributed by atoms with Gasteiger partial charge in [-0.3, -0.25) is 4.79 Å². The van der Waals surface area contributed by atoms with Crippen molar-refractivity contribution >= 4 is 5.91 Å². The molecule has 1 heterocycles. The van der Waals surface area contributed by atoms with E-state index >= 15 is 0 Å². The second-order valence-corrected chi connectivity index (χ2v) is 4.26. The highest BCUT2D eigenvalue weighted by Gasteiger charge is 2.23. The van der Waals surface area contributed by atoms with E-state index in [1.54, 1.807) is 6.07 Å². The molecule has 0 bridgehead atoms. The summed E-state index contributed by atoms with van der Waals surface area (Å²) in [6.45, 7) is 3.98. The number of nitrogens with zero attached hydrogens (tertiary/aromatic N) is 1. The Morgan fingerprint density at radius 3 is 3.12 bits per heavy atom. The van der Waals surface area contributed by atoms with E-state index in [9.17, 15) is 9.18 Å². The molecular formula is C13H17FN2O.